The van der Waals surface area contributed by atoms with Gasteiger partial charge in [0.2, 0.25) is 0 Å². The number of hydrogen-bond acceptors (Lipinski definition) is 3. The molecule has 2 rings (SSSR count). The van der Waals surface area contributed by atoms with Crippen molar-refractivity contribution in [1.82, 2.24) is 4.98 Å². The number of halogens is 1. The number of hydrogen-bond donors (Lipinski definition) is 0. The van der Waals surface area contributed by atoms with E-state index in [1.165, 1.54) is 0 Å². The van der Waals surface area contributed by atoms with E-state index in [1.54, 1.807) is 6.20 Å². The van der Waals surface area contributed by atoms with E-state index in [9.17, 15) is 0 Å². The van der Waals surface area contributed by atoms with Gasteiger partial charge in [0.25, 0.3) is 0 Å². The van der Waals surface area contributed by atoms with E-state index in [1.807, 2.05) is 19.9 Å². The van der Waals surface area contributed by atoms with Crippen molar-refractivity contribution in [2.75, 3.05) is 0 Å². The highest BCUT2D eigenvalue weighted by atomic mass is 127. The predicted octanol–water partition coefficient (Wildman–Crippen LogP) is 3.01. The third kappa shape index (κ3) is 2.96. The molecule has 1 aliphatic rings. The molecular formula is C11H14INO2. The van der Waals surface area contributed by atoms with Crippen molar-refractivity contribution in [3.8, 4) is 11.5 Å². The predicted molar refractivity (Wildman–Crippen MR) is 66.4 cm³/mol. The first kappa shape index (κ1) is 11.0. The van der Waals surface area contributed by atoms with Gasteiger partial charge in [-0.2, -0.15) is 0 Å². The highest BCUT2D eigenvalue weighted by molar-refractivity contribution is 14.1. The third-order valence-corrected chi connectivity index (χ3v) is 2.76. The number of ether oxygens (including phenoxy) is 2. The van der Waals surface area contributed by atoms with Crippen LogP contribution in [-0.4, -0.2) is 17.2 Å². The van der Waals surface area contributed by atoms with Crippen LogP contribution in [0.2, 0.25) is 0 Å². The van der Waals surface area contributed by atoms with E-state index >= 15 is 0 Å². The molecule has 0 N–H and O–H groups in total. The molecule has 1 aromatic heterocycles. The van der Waals surface area contributed by atoms with Gasteiger partial charge < -0.3 is 9.47 Å². The van der Waals surface area contributed by atoms with E-state index in [0.29, 0.717) is 6.10 Å². The van der Waals surface area contributed by atoms with Gasteiger partial charge in [0, 0.05) is 12.3 Å². The van der Waals surface area contributed by atoms with Gasteiger partial charge in [-0.05, 0) is 49.3 Å². The van der Waals surface area contributed by atoms with Crippen LogP contribution in [0.1, 0.15) is 26.7 Å². The summed E-state index contributed by atoms with van der Waals surface area (Å²) in [5.74, 6) is 1.60. The minimum atomic E-state index is 0.143. The summed E-state index contributed by atoms with van der Waals surface area (Å²) in [7, 11) is 0. The summed E-state index contributed by atoms with van der Waals surface area (Å²) < 4.78 is 12.3. The summed E-state index contributed by atoms with van der Waals surface area (Å²) >= 11 is 2.17. The van der Waals surface area contributed by atoms with Gasteiger partial charge in [-0.1, -0.05) is 0 Å². The van der Waals surface area contributed by atoms with Gasteiger partial charge in [-0.15, -0.1) is 0 Å². The fourth-order valence-corrected chi connectivity index (χ4v) is 1.76. The molecule has 1 fully saturated rings. The molecule has 0 spiro atoms. The Morgan fingerprint density at radius 1 is 1.47 bits per heavy atom. The maximum atomic E-state index is 5.77. The Kier molecular flexibility index (Phi) is 3.33. The molecule has 0 radical (unpaired) electrons. The zero-order valence-electron chi connectivity index (χ0n) is 8.87. The normalized spacial score (nSPS) is 15.5. The topological polar surface area (TPSA) is 31.4 Å². The fourth-order valence-electron chi connectivity index (χ4n) is 1.21. The van der Waals surface area contributed by atoms with Crippen molar-refractivity contribution in [1.29, 1.82) is 0 Å². The Labute approximate surface area is 103 Å². The van der Waals surface area contributed by atoms with Crippen LogP contribution in [-0.2, 0) is 0 Å². The Bertz CT molecular complexity index is 350. The minimum absolute atomic E-state index is 0.143. The highest BCUT2D eigenvalue weighted by Gasteiger charge is 2.25. The average molecular weight is 319 g/mol. The second-order valence-electron chi connectivity index (χ2n) is 3.91. The fraction of sp³-hybridized carbons (Fsp3) is 0.545. The molecule has 0 unspecified atom stereocenters. The molecule has 1 aromatic rings. The standard InChI is InChI=1S/C11H14INO2/c1-7(2)14-10-9(15-8-3-4-8)5-6-13-11(10)12/h5-8H,3-4H2,1-2H3. The van der Waals surface area contributed by atoms with E-state index in [2.05, 4.69) is 27.6 Å². The lowest BCUT2D eigenvalue weighted by Crippen LogP contribution is -2.09. The Balaban J connectivity index is 2.21. The van der Waals surface area contributed by atoms with Crippen LogP contribution in [0.4, 0.5) is 0 Å². The van der Waals surface area contributed by atoms with E-state index in [4.69, 9.17) is 9.47 Å². The molecule has 0 bridgehead atoms. The van der Waals surface area contributed by atoms with Crippen molar-refractivity contribution in [3.63, 3.8) is 0 Å². The molecule has 1 saturated carbocycles. The molecule has 0 atom stereocenters. The van der Waals surface area contributed by atoms with E-state index in [0.717, 1.165) is 28.0 Å². The van der Waals surface area contributed by atoms with Crippen molar-refractivity contribution in [2.45, 2.75) is 38.9 Å². The molecule has 4 heteroatoms. The van der Waals surface area contributed by atoms with Crippen molar-refractivity contribution < 1.29 is 9.47 Å². The van der Waals surface area contributed by atoms with Gasteiger partial charge in [0.05, 0.1) is 12.2 Å². The van der Waals surface area contributed by atoms with E-state index in [-0.39, 0.29) is 6.10 Å². The van der Waals surface area contributed by atoms with Crippen LogP contribution in [0.3, 0.4) is 0 Å². The van der Waals surface area contributed by atoms with Crippen molar-refractivity contribution >= 4 is 22.6 Å². The molecule has 0 aliphatic heterocycles. The van der Waals surface area contributed by atoms with Crippen LogP contribution in [0.25, 0.3) is 0 Å². The summed E-state index contributed by atoms with van der Waals surface area (Å²) in [6, 6.07) is 1.87. The first-order valence-corrected chi connectivity index (χ1v) is 6.22. The largest absolute Gasteiger partial charge is 0.486 e. The van der Waals surface area contributed by atoms with Gasteiger partial charge in [-0.3, -0.25) is 0 Å². The molecule has 3 nitrogen and oxygen atoms in total. The molecule has 0 amide bonds. The Morgan fingerprint density at radius 3 is 2.80 bits per heavy atom. The summed E-state index contributed by atoms with van der Waals surface area (Å²) in [5.41, 5.74) is 0. The van der Waals surface area contributed by atoms with Gasteiger partial charge in [-0.25, -0.2) is 4.98 Å². The van der Waals surface area contributed by atoms with Crippen molar-refractivity contribution in [3.05, 3.63) is 16.0 Å². The quantitative estimate of drug-likeness (QED) is 0.631. The Morgan fingerprint density at radius 2 is 2.20 bits per heavy atom. The first-order valence-electron chi connectivity index (χ1n) is 5.14. The molecular weight excluding hydrogens is 305 g/mol. The minimum Gasteiger partial charge on any atom is -0.486 e. The molecule has 15 heavy (non-hydrogen) atoms. The molecule has 0 saturated heterocycles. The molecule has 82 valence electrons. The van der Waals surface area contributed by atoms with Gasteiger partial charge >= 0.3 is 0 Å². The zero-order valence-corrected chi connectivity index (χ0v) is 11.0. The number of rotatable bonds is 4. The summed E-state index contributed by atoms with van der Waals surface area (Å²) in [5, 5.41) is 0. The van der Waals surface area contributed by atoms with Crippen LogP contribution >= 0.6 is 22.6 Å². The monoisotopic (exact) mass is 319 g/mol. The smallest absolute Gasteiger partial charge is 0.193 e. The van der Waals surface area contributed by atoms with Crippen LogP contribution in [0.5, 0.6) is 11.5 Å². The summed E-state index contributed by atoms with van der Waals surface area (Å²) in [4.78, 5) is 4.20. The first-order chi connectivity index (χ1) is 7.16. The van der Waals surface area contributed by atoms with Crippen LogP contribution in [0.15, 0.2) is 12.3 Å². The lowest BCUT2D eigenvalue weighted by molar-refractivity contribution is 0.214. The Hall–Kier alpha value is -0.520. The number of aromatic nitrogens is 1. The highest BCUT2D eigenvalue weighted by Crippen LogP contribution is 2.36. The molecule has 0 aromatic carbocycles. The maximum Gasteiger partial charge on any atom is 0.193 e. The van der Waals surface area contributed by atoms with E-state index < -0.39 is 0 Å². The third-order valence-electron chi connectivity index (χ3n) is 2.00. The molecule has 1 aliphatic carbocycles. The number of nitrogens with zero attached hydrogens (tertiary/aromatic N) is 1. The second kappa shape index (κ2) is 4.55. The van der Waals surface area contributed by atoms with Gasteiger partial charge in [0.1, 0.15) is 3.70 Å². The van der Waals surface area contributed by atoms with Crippen LogP contribution < -0.4 is 9.47 Å². The van der Waals surface area contributed by atoms with Crippen molar-refractivity contribution in [2.24, 2.45) is 0 Å². The number of pyridine rings is 1. The summed E-state index contributed by atoms with van der Waals surface area (Å²) in [6.07, 6.45) is 4.59. The average Bonchev–Trinajstić information content (AvgIpc) is 2.94. The van der Waals surface area contributed by atoms with Crippen LogP contribution in [0, 0.1) is 3.70 Å². The zero-order chi connectivity index (χ0) is 10.8. The SMILES string of the molecule is CC(C)Oc1c(OC2CC2)ccnc1I. The van der Waals surface area contributed by atoms with Gasteiger partial charge in [0.15, 0.2) is 11.5 Å². The molecule has 1 heterocycles. The second-order valence-corrected chi connectivity index (χ2v) is 4.93. The lowest BCUT2D eigenvalue weighted by atomic mass is 10.4. The lowest BCUT2D eigenvalue weighted by Gasteiger charge is -2.15. The maximum absolute atomic E-state index is 5.77. The summed E-state index contributed by atoms with van der Waals surface area (Å²) in [6.45, 7) is 4.01.